The van der Waals surface area contributed by atoms with Gasteiger partial charge in [0.05, 0.1) is 25.9 Å². The van der Waals surface area contributed by atoms with Gasteiger partial charge >= 0.3 is 14.8 Å². The van der Waals surface area contributed by atoms with E-state index >= 15 is 0 Å². The third-order valence-corrected chi connectivity index (χ3v) is 7.13. The highest BCUT2D eigenvalue weighted by Gasteiger charge is 2.45. The molecule has 0 amide bonds. The maximum atomic E-state index is 11.1. The van der Waals surface area contributed by atoms with E-state index in [9.17, 15) is 4.79 Å². The van der Waals surface area contributed by atoms with Crippen LogP contribution in [-0.2, 0) is 22.8 Å². The second-order valence-corrected chi connectivity index (χ2v) is 8.72. The van der Waals surface area contributed by atoms with Gasteiger partial charge in [-0.2, -0.15) is 0 Å². The quantitative estimate of drug-likeness (QED) is 0.291. The highest BCUT2D eigenvalue weighted by molar-refractivity contribution is 6.60. The highest BCUT2D eigenvalue weighted by atomic mass is 28.4. The Morgan fingerprint density at radius 3 is 2.74 bits per heavy atom. The van der Waals surface area contributed by atoms with E-state index in [1.807, 2.05) is 0 Å². The van der Waals surface area contributed by atoms with Gasteiger partial charge in [-0.25, -0.2) is 4.79 Å². The van der Waals surface area contributed by atoms with E-state index in [1.54, 1.807) is 0 Å². The fourth-order valence-corrected chi connectivity index (χ4v) is 5.66. The molecule has 0 saturated carbocycles. The SMILES string of the molecule is C=CC(=O)OCCC[Si]12OCCN(CCO1)CC(CCCC)O2. The first-order valence-corrected chi connectivity index (χ1v) is 10.6. The molecule has 0 aromatic carbocycles. The molecule has 3 aliphatic heterocycles. The Labute approximate surface area is 140 Å². The van der Waals surface area contributed by atoms with Crippen LogP contribution in [0.5, 0.6) is 0 Å². The molecule has 0 N–H and O–H groups in total. The van der Waals surface area contributed by atoms with Gasteiger partial charge in [-0.1, -0.05) is 26.3 Å². The number of carbonyl (C=O) groups excluding carboxylic acids is 1. The summed E-state index contributed by atoms with van der Waals surface area (Å²) < 4.78 is 23.6. The molecule has 0 spiro atoms. The van der Waals surface area contributed by atoms with Crippen molar-refractivity contribution >= 4 is 14.8 Å². The van der Waals surface area contributed by atoms with Crippen molar-refractivity contribution in [2.24, 2.45) is 0 Å². The Balaban J connectivity index is 1.92. The number of nitrogens with zero attached hydrogens (tertiary/aromatic N) is 1. The molecule has 1 atom stereocenters. The van der Waals surface area contributed by atoms with Gasteiger partial charge in [0.25, 0.3) is 0 Å². The normalized spacial score (nSPS) is 31.0. The van der Waals surface area contributed by atoms with E-state index in [2.05, 4.69) is 18.4 Å². The van der Waals surface area contributed by atoms with Crippen molar-refractivity contribution < 1.29 is 22.8 Å². The minimum absolute atomic E-state index is 0.179. The van der Waals surface area contributed by atoms with E-state index in [-0.39, 0.29) is 6.10 Å². The lowest BCUT2D eigenvalue weighted by Crippen LogP contribution is -2.57. The molecule has 0 aromatic rings. The molecule has 3 rings (SSSR count). The van der Waals surface area contributed by atoms with E-state index in [1.165, 1.54) is 6.08 Å². The minimum Gasteiger partial charge on any atom is -0.463 e. The van der Waals surface area contributed by atoms with Crippen LogP contribution in [0.4, 0.5) is 0 Å². The summed E-state index contributed by atoms with van der Waals surface area (Å²) in [6, 6.07) is 0.694. The number of ether oxygens (including phenoxy) is 1. The van der Waals surface area contributed by atoms with Gasteiger partial charge in [-0.05, 0) is 12.8 Å². The van der Waals surface area contributed by atoms with Crippen molar-refractivity contribution in [1.82, 2.24) is 4.90 Å². The zero-order valence-corrected chi connectivity index (χ0v) is 15.1. The molecule has 3 saturated heterocycles. The third-order valence-electron chi connectivity index (χ3n) is 4.18. The van der Waals surface area contributed by atoms with Crippen LogP contribution in [0.1, 0.15) is 32.6 Å². The largest absolute Gasteiger partial charge is 0.501 e. The number of unbranched alkanes of at least 4 members (excludes halogenated alkanes) is 1. The summed E-state index contributed by atoms with van der Waals surface area (Å²) in [6.45, 7) is 10.1. The standard InChI is InChI=1S/C16H29NO5Si/c1-3-5-7-15-14-17-8-11-20-23(22-15,21-12-9-17)13-6-10-19-16(18)4-2/h4,15H,2-3,5-14H2,1H3. The summed E-state index contributed by atoms with van der Waals surface area (Å²) >= 11 is 0. The Morgan fingerprint density at radius 1 is 1.35 bits per heavy atom. The number of rotatable bonds is 8. The molecule has 0 aromatic heterocycles. The maximum absolute atomic E-state index is 11.1. The monoisotopic (exact) mass is 343 g/mol. The van der Waals surface area contributed by atoms with Crippen molar-refractivity contribution in [2.75, 3.05) is 39.5 Å². The lowest BCUT2D eigenvalue weighted by Gasteiger charge is -2.42. The molecule has 0 aliphatic carbocycles. The molecule has 3 aliphatic rings. The Bertz CT molecular complexity index is 383. The van der Waals surface area contributed by atoms with Crippen LogP contribution < -0.4 is 0 Å². The van der Waals surface area contributed by atoms with Crippen LogP contribution in [0.2, 0.25) is 6.04 Å². The topological polar surface area (TPSA) is 57.2 Å². The second-order valence-electron chi connectivity index (χ2n) is 6.04. The predicted molar refractivity (Wildman–Crippen MR) is 89.1 cm³/mol. The fourth-order valence-electron chi connectivity index (χ4n) is 2.95. The second kappa shape index (κ2) is 9.54. The van der Waals surface area contributed by atoms with Gasteiger partial charge in [-0.15, -0.1) is 0 Å². The van der Waals surface area contributed by atoms with Crippen LogP contribution in [0.15, 0.2) is 12.7 Å². The Morgan fingerprint density at radius 2 is 2.09 bits per heavy atom. The van der Waals surface area contributed by atoms with Crippen LogP contribution in [-0.4, -0.2) is 65.2 Å². The summed E-state index contributed by atoms with van der Waals surface area (Å²) in [5.41, 5.74) is 0. The molecule has 2 bridgehead atoms. The molecule has 7 heteroatoms. The van der Waals surface area contributed by atoms with Gasteiger partial charge in [0, 0.05) is 31.8 Å². The van der Waals surface area contributed by atoms with Gasteiger partial charge < -0.3 is 18.0 Å². The van der Waals surface area contributed by atoms with Crippen molar-refractivity contribution in [2.45, 2.75) is 44.8 Å². The van der Waals surface area contributed by atoms with Crippen LogP contribution in [0.3, 0.4) is 0 Å². The molecule has 6 nitrogen and oxygen atoms in total. The van der Waals surface area contributed by atoms with Crippen LogP contribution in [0.25, 0.3) is 0 Å². The van der Waals surface area contributed by atoms with Crippen LogP contribution >= 0.6 is 0 Å². The van der Waals surface area contributed by atoms with Crippen molar-refractivity contribution in [1.29, 1.82) is 0 Å². The molecule has 1 unspecified atom stereocenters. The van der Waals surface area contributed by atoms with Crippen molar-refractivity contribution in [3.63, 3.8) is 0 Å². The average molecular weight is 343 g/mol. The average Bonchev–Trinajstić information content (AvgIpc) is 2.50. The summed E-state index contributed by atoms with van der Waals surface area (Å²) in [5.74, 6) is -0.390. The van der Waals surface area contributed by atoms with Gasteiger partial charge in [0.2, 0.25) is 0 Å². The molecule has 3 fully saturated rings. The van der Waals surface area contributed by atoms with Crippen molar-refractivity contribution in [3.05, 3.63) is 12.7 Å². The predicted octanol–water partition coefficient (Wildman–Crippen LogP) is 1.98. The highest BCUT2D eigenvalue weighted by Crippen LogP contribution is 2.26. The van der Waals surface area contributed by atoms with Gasteiger partial charge in [0.15, 0.2) is 0 Å². The minimum atomic E-state index is -2.67. The lowest BCUT2D eigenvalue weighted by molar-refractivity contribution is -0.137. The Hall–Kier alpha value is -0.733. The fraction of sp³-hybridized carbons (Fsp3) is 0.812. The van der Waals surface area contributed by atoms with E-state index in [0.29, 0.717) is 32.3 Å². The molecular formula is C16H29NO5Si. The third kappa shape index (κ3) is 6.00. The zero-order chi connectivity index (χ0) is 16.5. The number of hydrogen-bond acceptors (Lipinski definition) is 6. The smallest absolute Gasteiger partial charge is 0.463 e. The summed E-state index contributed by atoms with van der Waals surface area (Å²) in [7, 11) is -2.67. The number of hydrogen-bond donors (Lipinski definition) is 0. The molecule has 23 heavy (non-hydrogen) atoms. The summed E-state index contributed by atoms with van der Waals surface area (Å²) in [6.07, 6.45) is 5.40. The van der Waals surface area contributed by atoms with Crippen LogP contribution in [0, 0.1) is 0 Å². The number of carbonyl (C=O) groups is 1. The summed E-state index contributed by atoms with van der Waals surface area (Å²) in [4.78, 5) is 13.5. The number of esters is 1. The van der Waals surface area contributed by atoms with E-state index < -0.39 is 14.8 Å². The molecule has 132 valence electrons. The first kappa shape index (κ1) is 18.6. The zero-order valence-electron chi connectivity index (χ0n) is 14.1. The lowest BCUT2D eigenvalue weighted by atomic mass is 10.1. The van der Waals surface area contributed by atoms with Gasteiger partial charge in [0.1, 0.15) is 0 Å². The van der Waals surface area contributed by atoms with E-state index in [4.69, 9.17) is 18.0 Å². The van der Waals surface area contributed by atoms with Crippen molar-refractivity contribution in [3.8, 4) is 0 Å². The number of fused-ring (bicyclic) bond motifs is 6. The van der Waals surface area contributed by atoms with E-state index in [0.717, 1.165) is 38.9 Å². The Kier molecular flexibility index (Phi) is 7.71. The first-order chi connectivity index (χ1) is 11.2. The first-order valence-electron chi connectivity index (χ1n) is 8.65. The van der Waals surface area contributed by atoms with Gasteiger partial charge in [-0.3, -0.25) is 4.90 Å². The maximum Gasteiger partial charge on any atom is 0.501 e. The molecular weight excluding hydrogens is 314 g/mol. The molecule has 3 heterocycles. The summed E-state index contributed by atoms with van der Waals surface area (Å²) in [5, 5.41) is 0. The molecule has 0 radical (unpaired) electrons.